The van der Waals surface area contributed by atoms with Crippen LogP contribution < -0.4 is 5.32 Å². The van der Waals surface area contributed by atoms with Gasteiger partial charge in [0.2, 0.25) is 11.8 Å². The van der Waals surface area contributed by atoms with E-state index in [0.29, 0.717) is 32.1 Å². The van der Waals surface area contributed by atoms with Crippen molar-refractivity contribution >= 4 is 11.8 Å². The Balaban J connectivity index is 6.35. The largest absolute Gasteiger partial charge is 0.381 e. The second-order valence-electron chi connectivity index (χ2n) is 16.1. The summed E-state index contributed by atoms with van der Waals surface area (Å²) in [5, 5.41) is 3.13. The molecule has 0 spiro atoms. The monoisotopic (exact) mass is 637 g/mol. The number of hydrogen-bond acceptors (Lipinski definition) is 3. The number of unbranched alkanes of at least 4 members (excludes halogenated alkanes) is 11. The van der Waals surface area contributed by atoms with Crippen LogP contribution >= 0.6 is 0 Å². The summed E-state index contributed by atoms with van der Waals surface area (Å²) in [7, 11) is 0. The summed E-state index contributed by atoms with van der Waals surface area (Å²) < 4.78 is 5.37. The molecule has 0 aliphatic rings. The Hall–Kier alpha value is -1.10. The van der Waals surface area contributed by atoms with Crippen LogP contribution in [0.4, 0.5) is 0 Å². The lowest BCUT2D eigenvalue weighted by atomic mass is 9.71. The van der Waals surface area contributed by atoms with Crippen LogP contribution in [0.25, 0.3) is 0 Å². The zero-order chi connectivity index (χ0) is 34.4. The van der Waals surface area contributed by atoms with Gasteiger partial charge in [0.1, 0.15) is 0 Å². The highest BCUT2D eigenvalue weighted by Crippen LogP contribution is 2.44. The molecule has 0 aromatic heterocycles. The number of carbonyl (C=O) groups is 2. The van der Waals surface area contributed by atoms with Crippen molar-refractivity contribution < 1.29 is 14.3 Å². The molecule has 2 amide bonds. The summed E-state index contributed by atoms with van der Waals surface area (Å²) >= 11 is 0. The lowest BCUT2D eigenvalue weighted by Crippen LogP contribution is -2.63. The van der Waals surface area contributed by atoms with E-state index in [1.54, 1.807) is 0 Å². The van der Waals surface area contributed by atoms with Crippen LogP contribution in [0.5, 0.6) is 0 Å². The maximum Gasteiger partial charge on any atom is 0.229 e. The second-order valence-corrected chi connectivity index (χ2v) is 16.1. The molecule has 0 rings (SSSR count). The molecule has 268 valence electrons. The fourth-order valence-corrected chi connectivity index (χ4v) is 7.46. The van der Waals surface area contributed by atoms with E-state index in [9.17, 15) is 4.79 Å². The molecular formula is C40H80N2O3. The highest BCUT2D eigenvalue weighted by atomic mass is 16.5. The molecule has 2 unspecified atom stereocenters. The summed E-state index contributed by atoms with van der Waals surface area (Å²) in [6.07, 6.45) is 22.7. The van der Waals surface area contributed by atoms with E-state index in [1.165, 1.54) is 89.9 Å². The minimum Gasteiger partial charge on any atom is -0.381 e. The van der Waals surface area contributed by atoms with Crippen molar-refractivity contribution in [3.63, 3.8) is 0 Å². The lowest BCUT2D eigenvalue weighted by Gasteiger charge is -2.55. The van der Waals surface area contributed by atoms with Gasteiger partial charge < -0.3 is 15.0 Å². The molecule has 0 aliphatic heterocycles. The Labute approximate surface area is 282 Å². The number of carbonyl (C=O) groups excluding carboxylic acids is 2. The molecule has 0 saturated heterocycles. The van der Waals surface area contributed by atoms with Crippen molar-refractivity contribution in [3.8, 4) is 0 Å². The molecule has 45 heavy (non-hydrogen) atoms. The molecule has 0 aliphatic carbocycles. The normalized spacial score (nSPS) is 15.0. The number of nitrogens with one attached hydrogen (secondary N) is 1. The smallest absolute Gasteiger partial charge is 0.229 e. The average Bonchev–Trinajstić information content (AvgIpc) is 2.98. The van der Waals surface area contributed by atoms with Gasteiger partial charge >= 0.3 is 0 Å². The van der Waals surface area contributed by atoms with Gasteiger partial charge in [0.15, 0.2) is 0 Å². The number of amides is 2. The number of rotatable bonds is 29. The van der Waals surface area contributed by atoms with E-state index in [4.69, 9.17) is 4.74 Å². The van der Waals surface area contributed by atoms with E-state index in [0.717, 1.165) is 32.1 Å². The van der Waals surface area contributed by atoms with E-state index in [1.807, 2.05) is 6.92 Å². The Kier molecular flexibility index (Phi) is 22.7. The summed E-state index contributed by atoms with van der Waals surface area (Å²) in [6, 6.07) is 0. The molecule has 5 heteroatoms. The minimum atomic E-state index is -0.551. The lowest BCUT2D eigenvalue weighted by molar-refractivity contribution is -0.160. The highest BCUT2D eigenvalue weighted by molar-refractivity contribution is 5.83. The van der Waals surface area contributed by atoms with Gasteiger partial charge in [-0.3, -0.25) is 9.59 Å². The predicted octanol–water partition coefficient (Wildman–Crippen LogP) is 11.4. The van der Waals surface area contributed by atoms with Crippen LogP contribution in [0.3, 0.4) is 0 Å². The number of hydrogen-bond donors (Lipinski definition) is 1. The first-order valence-corrected chi connectivity index (χ1v) is 19.4. The molecule has 0 aromatic carbocycles. The van der Waals surface area contributed by atoms with Crippen molar-refractivity contribution in [2.45, 2.75) is 216 Å². The van der Waals surface area contributed by atoms with Gasteiger partial charge in [-0.15, -0.1) is 0 Å². The molecule has 0 radical (unpaired) electrons. The second kappa shape index (κ2) is 23.3. The maximum absolute atomic E-state index is 15.2. The van der Waals surface area contributed by atoms with Gasteiger partial charge in [-0.2, -0.15) is 0 Å². The molecule has 0 aromatic rings. The molecule has 0 saturated carbocycles. The Bertz CT molecular complexity index is 780. The summed E-state index contributed by atoms with van der Waals surface area (Å²) in [6.45, 7) is 26.3. The van der Waals surface area contributed by atoms with Crippen LogP contribution in [0, 0.1) is 10.8 Å². The molecule has 1 N–H and O–H groups in total. The quantitative estimate of drug-likeness (QED) is 0.0831. The van der Waals surface area contributed by atoms with Crippen LogP contribution in [0.2, 0.25) is 0 Å². The van der Waals surface area contributed by atoms with Crippen molar-refractivity contribution in [2.24, 2.45) is 10.8 Å². The van der Waals surface area contributed by atoms with Gasteiger partial charge in [0.05, 0.1) is 6.61 Å². The standard InChI is InChI=1S/C40H80N2O3/c1-12-17-20-23-26-29-39(10,15-4)42(40(11,30-25-22-19-14-3)31-27-24-21-18-13-2)36(44)38(8,9)33-37(6,7)34-41-35(43)28-32-45-16-5/h12-34H2,1-11H3,(H,41,43). The third-order valence-electron chi connectivity index (χ3n) is 10.2. The fraction of sp³-hybridized carbons (Fsp3) is 0.950. The zero-order valence-electron chi connectivity index (χ0n) is 32.4. The first-order valence-electron chi connectivity index (χ1n) is 19.4. The highest BCUT2D eigenvalue weighted by Gasteiger charge is 2.49. The Morgan fingerprint density at radius 3 is 1.51 bits per heavy atom. The number of nitrogens with zero attached hydrogens (tertiary/aromatic N) is 1. The molecule has 2 atom stereocenters. The first-order chi connectivity index (χ1) is 21.2. The van der Waals surface area contributed by atoms with Crippen LogP contribution in [-0.2, 0) is 14.3 Å². The molecular weight excluding hydrogens is 556 g/mol. The molecule has 0 heterocycles. The SMILES string of the molecule is CCCCCCCC(C)(CC)N(C(=O)C(C)(C)CC(C)(C)CNC(=O)CCOCC)C(C)(CCCCCC)CCCCCCC. The van der Waals surface area contributed by atoms with Crippen molar-refractivity contribution in [2.75, 3.05) is 19.8 Å². The number of ether oxygens (including phenoxy) is 1. The van der Waals surface area contributed by atoms with Gasteiger partial charge in [0.25, 0.3) is 0 Å². The first kappa shape index (κ1) is 43.9. The van der Waals surface area contributed by atoms with E-state index < -0.39 is 5.41 Å². The minimum absolute atomic E-state index is 0.0200. The van der Waals surface area contributed by atoms with Crippen molar-refractivity contribution in [1.82, 2.24) is 10.2 Å². The average molecular weight is 637 g/mol. The van der Waals surface area contributed by atoms with E-state index >= 15 is 4.79 Å². The molecule has 5 nitrogen and oxygen atoms in total. The third kappa shape index (κ3) is 17.6. The maximum atomic E-state index is 15.2. The van der Waals surface area contributed by atoms with Crippen LogP contribution in [0.1, 0.15) is 205 Å². The Morgan fingerprint density at radius 2 is 1.07 bits per heavy atom. The fourth-order valence-electron chi connectivity index (χ4n) is 7.46. The van der Waals surface area contributed by atoms with Gasteiger partial charge in [-0.25, -0.2) is 0 Å². The summed E-state index contributed by atoms with van der Waals surface area (Å²) in [5.74, 6) is 0.328. The van der Waals surface area contributed by atoms with Gasteiger partial charge in [-0.1, -0.05) is 145 Å². The zero-order valence-corrected chi connectivity index (χ0v) is 32.4. The summed E-state index contributed by atoms with van der Waals surface area (Å²) in [5.41, 5.74) is -1.11. The van der Waals surface area contributed by atoms with Crippen LogP contribution in [0.15, 0.2) is 0 Å². The predicted molar refractivity (Wildman–Crippen MR) is 196 cm³/mol. The molecule has 0 fully saturated rings. The topological polar surface area (TPSA) is 58.6 Å². The van der Waals surface area contributed by atoms with Crippen molar-refractivity contribution in [3.05, 3.63) is 0 Å². The van der Waals surface area contributed by atoms with Gasteiger partial charge in [0, 0.05) is 36.1 Å². The van der Waals surface area contributed by atoms with Crippen LogP contribution in [-0.4, -0.2) is 47.6 Å². The third-order valence-corrected chi connectivity index (χ3v) is 10.2. The van der Waals surface area contributed by atoms with E-state index in [-0.39, 0.29) is 22.4 Å². The Morgan fingerprint density at radius 1 is 0.622 bits per heavy atom. The molecule has 0 bridgehead atoms. The summed E-state index contributed by atoms with van der Waals surface area (Å²) in [4.78, 5) is 30.1. The van der Waals surface area contributed by atoms with E-state index in [2.05, 4.69) is 79.5 Å². The van der Waals surface area contributed by atoms with Crippen molar-refractivity contribution in [1.29, 1.82) is 0 Å². The van der Waals surface area contributed by atoms with Gasteiger partial charge in [-0.05, 0) is 58.3 Å².